The Kier molecular flexibility index (Phi) is 2.62. The van der Waals surface area contributed by atoms with E-state index in [4.69, 9.17) is 0 Å². The number of aryl methyl sites for hydroxylation is 4. The summed E-state index contributed by atoms with van der Waals surface area (Å²) in [6.07, 6.45) is 0. The molecule has 5 heteroatoms. The van der Waals surface area contributed by atoms with Crippen molar-refractivity contribution >= 4 is 10.9 Å². The van der Waals surface area contributed by atoms with E-state index in [1.165, 1.54) is 0 Å². The molecule has 0 aliphatic carbocycles. The van der Waals surface area contributed by atoms with Crippen LogP contribution in [0.1, 0.15) is 29.9 Å². The van der Waals surface area contributed by atoms with Crippen LogP contribution in [0.2, 0.25) is 0 Å². The Morgan fingerprint density at radius 1 is 1.16 bits per heavy atom. The first-order chi connectivity index (χ1) is 9.04. The first-order valence-corrected chi connectivity index (χ1v) is 6.37. The zero-order valence-corrected chi connectivity index (χ0v) is 11.7. The molecule has 3 aromatic heterocycles. The van der Waals surface area contributed by atoms with E-state index in [9.17, 15) is 0 Å². The zero-order valence-electron chi connectivity index (χ0n) is 11.7. The average Bonchev–Trinajstić information content (AvgIpc) is 2.84. The molecule has 1 N–H and O–H groups in total. The van der Waals surface area contributed by atoms with Gasteiger partial charge in [-0.15, -0.1) is 0 Å². The van der Waals surface area contributed by atoms with Gasteiger partial charge in [0.05, 0.1) is 23.4 Å². The second kappa shape index (κ2) is 4.19. The molecular formula is C14H19N5. The molecule has 5 nitrogen and oxygen atoms in total. The van der Waals surface area contributed by atoms with Gasteiger partial charge in [0.25, 0.3) is 0 Å². The van der Waals surface area contributed by atoms with E-state index in [0.29, 0.717) is 6.54 Å². The number of pyridine rings is 1. The van der Waals surface area contributed by atoms with Gasteiger partial charge in [-0.3, -0.25) is 14.8 Å². The van der Waals surface area contributed by atoms with Gasteiger partial charge in [0, 0.05) is 23.9 Å². The Morgan fingerprint density at radius 3 is 2.63 bits per heavy atom. The highest BCUT2D eigenvalue weighted by atomic mass is 15.3. The van der Waals surface area contributed by atoms with Crippen molar-refractivity contribution in [3.8, 4) is 0 Å². The van der Waals surface area contributed by atoms with Gasteiger partial charge < -0.3 is 0 Å². The lowest BCUT2D eigenvalue weighted by Crippen LogP contribution is -2.05. The molecule has 0 spiro atoms. The number of fused-ring (bicyclic) bond motifs is 1. The van der Waals surface area contributed by atoms with Crippen LogP contribution in [0, 0.1) is 27.7 Å². The Hall–Kier alpha value is -2.17. The first-order valence-electron chi connectivity index (χ1n) is 6.37. The number of nitrogens with one attached hydrogen (secondary N) is 1. The molecule has 0 bridgehead atoms. The average molecular weight is 257 g/mol. The fourth-order valence-electron chi connectivity index (χ4n) is 2.55. The third-order valence-electron chi connectivity index (χ3n) is 3.33. The van der Waals surface area contributed by atoms with E-state index in [0.717, 1.165) is 39.4 Å². The van der Waals surface area contributed by atoms with E-state index in [1.807, 2.05) is 31.5 Å². The van der Waals surface area contributed by atoms with Crippen LogP contribution in [0.25, 0.3) is 10.9 Å². The van der Waals surface area contributed by atoms with Crippen molar-refractivity contribution in [1.29, 1.82) is 0 Å². The van der Waals surface area contributed by atoms with Crippen molar-refractivity contribution in [2.45, 2.75) is 34.2 Å². The van der Waals surface area contributed by atoms with Gasteiger partial charge in [0.15, 0.2) is 0 Å². The molecule has 3 heterocycles. The van der Waals surface area contributed by atoms with Crippen LogP contribution in [0.3, 0.4) is 0 Å². The molecule has 0 amide bonds. The van der Waals surface area contributed by atoms with Gasteiger partial charge in [-0.25, -0.2) is 0 Å². The van der Waals surface area contributed by atoms with Crippen molar-refractivity contribution in [3.63, 3.8) is 0 Å². The number of aromatic nitrogens is 5. The molecule has 0 aliphatic heterocycles. The minimum absolute atomic E-state index is 0. The third-order valence-corrected chi connectivity index (χ3v) is 3.33. The molecule has 0 fully saturated rings. The highest BCUT2D eigenvalue weighted by molar-refractivity contribution is 5.83. The summed E-state index contributed by atoms with van der Waals surface area (Å²) in [5.74, 6) is 0. The second-order valence-electron chi connectivity index (χ2n) is 5.03. The Labute approximate surface area is 113 Å². The molecule has 0 saturated heterocycles. The highest BCUT2D eigenvalue weighted by Crippen LogP contribution is 2.20. The van der Waals surface area contributed by atoms with E-state index < -0.39 is 0 Å². The van der Waals surface area contributed by atoms with Gasteiger partial charge in [0.2, 0.25) is 0 Å². The smallest absolute Gasteiger partial charge is 0.0960 e. The zero-order chi connectivity index (χ0) is 13.6. The number of H-pyrrole nitrogens is 1. The second-order valence-corrected chi connectivity index (χ2v) is 5.03. The fraction of sp³-hybridized carbons (Fsp3) is 0.357. The predicted molar refractivity (Wildman–Crippen MR) is 76.3 cm³/mol. The summed E-state index contributed by atoms with van der Waals surface area (Å²) in [6, 6.07) is 4.08. The van der Waals surface area contributed by atoms with Crippen molar-refractivity contribution in [1.82, 2.24) is 25.0 Å². The van der Waals surface area contributed by atoms with E-state index in [1.54, 1.807) is 0 Å². The van der Waals surface area contributed by atoms with Crippen molar-refractivity contribution in [2.24, 2.45) is 0 Å². The van der Waals surface area contributed by atoms with Crippen LogP contribution < -0.4 is 0 Å². The lowest BCUT2D eigenvalue weighted by molar-refractivity contribution is 0.647. The Morgan fingerprint density at radius 2 is 1.95 bits per heavy atom. The monoisotopic (exact) mass is 257 g/mol. The van der Waals surface area contributed by atoms with Gasteiger partial charge >= 0.3 is 0 Å². The van der Waals surface area contributed by atoms with Crippen LogP contribution in [-0.2, 0) is 6.54 Å². The van der Waals surface area contributed by atoms with E-state index in [-0.39, 0.29) is 1.43 Å². The number of nitrogens with zero attached hydrogens (tertiary/aromatic N) is 4. The normalized spacial score (nSPS) is 11.4. The summed E-state index contributed by atoms with van der Waals surface area (Å²) in [7, 11) is 0. The van der Waals surface area contributed by atoms with Crippen molar-refractivity contribution < 1.29 is 1.43 Å². The standard InChI is InChI=1S/C14H17N5.H2/c1-8-6-12-14(11(4)15-8)13(17-16-12)7-19-10(3)5-9(2)18-19;/h5-6H,7H2,1-4H3,(H,16,17);1H. The molecule has 0 aliphatic rings. The highest BCUT2D eigenvalue weighted by Gasteiger charge is 2.11. The fourth-order valence-corrected chi connectivity index (χ4v) is 2.55. The van der Waals surface area contributed by atoms with Crippen LogP contribution in [0.15, 0.2) is 12.1 Å². The van der Waals surface area contributed by atoms with Crippen molar-refractivity contribution in [2.75, 3.05) is 0 Å². The lowest BCUT2D eigenvalue weighted by atomic mass is 10.1. The van der Waals surface area contributed by atoms with E-state index in [2.05, 4.69) is 33.3 Å². The van der Waals surface area contributed by atoms with Gasteiger partial charge in [-0.05, 0) is 39.8 Å². The number of hydrogen-bond acceptors (Lipinski definition) is 3. The molecule has 3 rings (SSSR count). The topological polar surface area (TPSA) is 59.4 Å². The summed E-state index contributed by atoms with van der Waals surface area (Å²) in [5, 5.41) is 13.1. The lowest BCUT2D eigenvalue weighted by Gasteiger charge is -2.04. The van der Waals surface area contributed by atoms with Gasteiger partial charge in [0.1, 0.15) is 0 Å². The Balaban J connectivity index is 0.00000147. The molecule has 19 heavy (non-hydrogen) atoms. The number of hydrogen-bond donors (Lipinski definition) is 1. The summed E-state index contributed by atoms with van der Waals surface area (Å²) in [4.78, 5) is 4.51. The molecule has 0 unspecified atom stereocenters. The third kappa shape index (κ3) is 2.01. The maximum atomic E-state index is 4.51. The largest absolute Gasteiger partial charge is 0.279 e. The summed E-state index contributed by atoms with van der Waals surface area (Å²) >= 11 is 0. The first kappa shape index (κ1) is 11.9. The van der Waals surface area contributed by atoms with Crippen molar-refractivity contribution in [3.05, 3.63) is 40.6 Å². The predicted octanol–water partition coefficient (Wildman–Crippen LogP) is 2.68. The minimum Gasteiger partial charge on any atom is -0.279 e. The SMILES string of the molecule is Cc1cc2n[nH]c(Cn3nc(C)cc3C)c2c(C)n1.[HH]. The van der Waals surface area contributed by atoms with Crippen LogP contribution in [-0.4, -0.2) is 25.0 Å². The molecule has 3 aromatic rings. The maximum absolute atomic E-state index is 4.51. The van der Waals surface area contributed by atoms with Crippen LogP contribution >= 0.6 is 0 Å². The molecule has 0 atom stereocenters. The summed E-state index contributed by atoms with van der Waals surface area (Å²) in [6.45, 7) is 8.78. The van der Waals surface area contributed by atoms with Gasteiger partial charge in [-0.2, -0.15) is 10.2 Å². The molecule has 0 aromatic carbocycles. The quantitative estimate of drug-likeness (QED) is 0.767. The molecule has 0 radical (unpaired) electrons. The number of aromatic amines is 1. The molecular weight excluding hydrogens is 238 g/mol. The number of rotatable bonds is 2. The summed E-state index contributed by atoms with van der Waals surface area (Å²) < 4.78 is 1.99. The maximum Gasteiger partial charge on any atom is 0.0960 e. The van der Waals surface area contributed by atoms with Crippen LogP contribution in [0.5, 0.6) is 0 Å². The van der Waals surface area contributed by atoms with E-state index >= 15 is 0 Å². The van der Waals surface area contributed by atoms with Crippen LogP contribution in [0.4, 0.5) is 0 Å². The molecule has 100 valence electrons. The Bertz CT molecular complexity index is 756. The van der Waals surface area contributed by atoms with Gasteiger partial charge in [-0.1, -0.05) is 0 Å². The molecule has 0 saturated carbocycles. The summed E-state index contributed by atoms with van der Waals surface area (Å²) in [5.41, 5.74) is 6.23. The minimum atomic E-state index is 0.